The molecule has 0 unspecified atom stereocenters. The number of benzene rings is 2. The molecule has 1 aromatic heterocycles. The highest BCUT2D eigenvalue weighted by atomic mass is 35.5. The molecule has 8 heteroatoms. The molecule has 5 nitrogen and oxygen atoms in total. The van der Waals surface area contributed by atoms with Gasteiger partial charge < -0.3 is 14.2 Å². The van der Waals surface area contributed by atoms with Gasteiger partial charge in [-0.3, -0.25) is 9.00 Å². The Morgan fingerprint density at radius 3 is 2.35 bits per heavy atom. The number of hydrogen-bond donors (Lipinski definition) is 0. The molecule has 1 amide bonds. The lowest BCUT2D eigenvalue weighted by atomic mass is 10.2. The van der Waals surface area contributed by atoms with Crippen molar-refractivity contribution in [2.75, 3.05) is 31.1 Å². The molecule has 1 atom stereocenters. The third-order valence-electron chi connectivity index (χ3n) is 5.15. The van der Waals surface area contributed by atoms with Gasteiger partial charge in [0.05, 0.1) is 5.75 Å². The molecule has 3 aromatic rings. The van der Waals surface area contributed by atoms with Crippen molar-refractivity contribution in [1.29, 1.82) is 0 Å². The summed E-state index contributed by atoms with van der Waals surface area (Å²) in [6, 6.07) is 18.4. The summed E-state index contributed by atoms with van der Waals surface area (Å²) in [5.74, 6) is 1.34. The number of halogens is 2. The molecule has 4 rings (SSSR count). The van der Waals surface area contributed by atoms with E-state index < -0.39 is 10.8 Å². The Balaban J connectivity index is 1.31. The average molecular weight is 477 g/mol. The van der Waals surface area contributed by atoms with Crippen molar-refractivity contribution in [3.63, 3.8) is 0 Å². The monoisotopic (exact) mass is 476 g/mol. The average Bonchev–Trinajstić information content (AvgIpc) is 3.22. The van der Waals surface area contributed by atoms with Crippen LogP contribution in [0.3, 0.4) is 0 Å². The number of rotatable bonds is 6. The van der Waals surface area contributed by atoms with Gasteiger partial charge in [-0.1, -0.05) is 35.3 Å². The van der Waals surface area contributed by atoms with E-state index in [1.165, 1.54) is 0 Å². The number of anilines is 1. The fraction of sp³-hybridized carbons (Fsp3) is 0.261. The standard InChI is InChI=1S/C23H22Cl2N2O3S/c24-18-4-6-20(7-5-18)26-10-12-27(13-11-26)23(28)22-9-8-21(30-22)16-31(29)15-17-2-1-3-19(25)14-17/h1-9,14H,10-13,15-16H2/t31-/m1/s1. The van der Waals surface area contributed by atoms with Gasteiger partial charge >= 0.3 is 0 Å². The lowest BCUT2D eigenvalue weighted by Crippen LogP contribution is -2.48. The third-order valence-corrected chi connectivity index (χ3v) is 6.90. The highest BCUT2D eigenvalue weighted by Gasteiger charge is 2.24. The van der Waals surface area contributed by atoms with E-state index in [9.17, 15) is 9.00 Å². The van der Waals surface area contributed by atoms with E-state index in [0.29, 0.717) is 34.6 Å². The van der Waals surface area contributed by atoms with Gasteiger partial charge in [-0.2, -0.15) is 0 Å². The number of amides is 1. The molecule has 1 aliphatic heterocycles. The Morgan fingerprint density at radius 1 is 0.903 bits per heavy atom. The minimum absolute atomic E-state index is 0.136. The third kappa shape index (κ3) is 5.70. The molecule has 0 aliphatic carbocycles. The van der Waals surface area contributed by atoms with Crippen molar-refractivity contribution < 1.29 is 13.4 Å². The first-order valence-corrected chi connectivity index (χ1v) is 12.2. The Bertz CT molecular complexity index is 1080. The molecule has 0 bridgehead atoms. The second-order valence-corrected chi connectivity index (χ2v) is 9.71. The second-order valence-electron chi connectivity index (χ2n) is 7.38. The second kappa shape index (κ2) is 9.90. The van der Waals surface area contributed by atoms with Gasteiger partial charge in [0.1, 0.15) is 5.76 Å². The maximum atomic E-state index is 12.8. The fourth-order valence-corrected chi connectivity index (χ4v) is 5.03. The highest BCUT2D eigenvalue weighted by molar-refractivity contribution is 7.83. The van der Waals surface area contributed by atoms with E-state index in [4.69, 9.17) is 27.6 Å². The minimum Gasteiger partial charge on any atom is -0.455 e. The molecule has 1 fully saturated rings. The van der Waals surface area contributed by atoms with Crippen LogP contribution in [0.15, 0.2) is 65.1 Å². The summed E-state index contributed by atoms with van der Waals surface area (Å²) in [5.41, 5.74) is 2.01. The molecule has 0 radical (unpaired) electrons. The zero-order valence-corrected chi connectivity index (χ0v) is 19.1. The van der Waals surface area contributed by atoms with Crippen molar-refractivity contribution in [3.8, 4) is 0 Å². The van der Waals surface area contributed by atoms with Gasteiger partial charge in [0.2, 0.25) is 0 Å². The van der Waals surface area contributed by atoms with Crippen LogP contribution in [0, 0.1) is 0 Å². The molecular formula is C23H22Cl2N2O3S. The Kier molecular flexibility index (Phi) is 7.00. The van der Waals surface area contributed by atoms with Crippen molar-refractivity contribution in [1.82, 2.24) is 4.90 Å². The Labute approximate surface area is 194 Å². The van der Waals surface area contributed by atoms with Crippen LogP contribution in [0.1, 0.15) is 21.9 Å². The Morgan fingerprint density at radius 2 is 1.65 bits per heavy atom. The summed E-state index contributed by atoms with van der Waals surface area (Å²) in [4.78, 5) is 16.8. The van der Waals surface area contributed by atoms with Crippen LogP contribution < -0.4 is 4.90 Å². The zero-order chi connectivity index (χ0) is 21.8. The van der Waals surface area contributed by atoms with Gasteiger partial charge in [-0.15, -0.1) is 0 Å². The van der Waals surface area contributed by atoms with Gasteiger partial charge in [0.25, 0.3) is 5.91 Å². The van der Waals surface area contributed by atoms with Crippen LogP contribution in [0.5, 0.6) is 0 Å². The molecule has 2 heterocycles. The van der Waals surface area contributed by atoms with Crippen LogP contribution in [0.25, 0.3) is 0 Å². The molecule has 0 N–H and O–H groups in total. The fourth-order valence-electron chi connectivity index (χ4n) is 3.57. The van der Waals surface area contributed by atoms with Crippen molar-refractivity contribution in [2.45, 2.75) is 11.5 Å². The Hall–Kier alpha value is -2.28. The van der Waals surface area contributed by atoms with Crippen LogP contribution in [-0.4, -0.2) is 41.2 Å². The first-order chi connectivity index (χ1) is 15.0. The van der Waals surface area contributed by atoms with Crippen molar-refractivity contribution in [3.05, 3.63) is 87.8 Å². The summed E-state index contributed by atoms with van der Waals surface area (Å²) < 4.78 is 18.2. The predicted molar refractivity (Wildman–Crippen MR) is 125 cm³/mol. The molecule has 1 aliphatic rings. The summed E-state index contributed by atoms with van der Waals surface area (Å²) >= 11 is 11.9. The molecular weight excluding hydrogens is 455 g/mol. The van der Waals surface area contributed by atoms with Crippen molar-refractivity contribution in [2.24, 2.45) is 0 Å². The van der Waals surface area contributed by atoms with Gasteiger partial charge in [-0.05, 0) is 54.1 Å². The smallest absolute Gasteiger partial charge is 0.289 e. The SMILES string of the molecule is O=C(c1ccc(C[S@](=O)Cc2cccc(Cl)c2)o1)N1CCN(c2ccc(Cl)cc2)CC1. The van der Waals surface area contributed by atoms with Gasteiger partial charge in [0, 0.05) is 58.5 Å². The normalized spacial score (nSPS) is 15.2. The molecule has 31 heavy (non-hydrogen) atoms. The first kappa shape index (κ1) is 21.9. The highest BCUT2D eigenvalue weighted by Crippen LogP contribution is 2.21. The van der Waals surface area contributed by atoms with E-state index in [-0.39, 0.29) is 17.4 Å². The number of hydrogen-bond acceptors (Lipinski definition) is 4. The van der Waals surface area contributed by atoms with Crippen LogP contribution in [0.2, 0.25) is 10.0 Å². The van der Waals surface area contributed by atoms with E-state index in [0.717, 1.165) is 24.3 Å². The summed E-state index contributed by atoms with van der Waals surface area (Å²) in [6.45, 7) is 2.70. The molecule has 162 valence electrons. The lowest BCUT2D eigenvalue weighted by molar-refractivity contribution is 0.0713. The van der Waals surface area contributed by atoms with E-state index >= 15 is 0 Å². The molecule has 0 saturated carbocycles. The van der Waals surface area contributed by atoms with Crippen LogP contribution in [0.4, 0.5) is 5.69 Å². The maximum Gasteiger partial charge on any atom is 0.289 e. The number of furan rings is 1. The molecule has 1 saturated heterocycles. The topological polar surface area (TPSA) is 53.8 Å². The lowest BCUT2D eigenvalue weighted by Gasteiger charge is -2.35. The predicted octanol–water partition coefficient (Wildman–Crippen LogP) is 5.00. The summed E-state index contributed by atoms with van der Waals surface area (Å²) in [6.07, 6.45) is 0. The zero-order valence-electron chi connectivity index (χ0n) is 16.8. The minimum atomic E-state index is -1.16. The van der Waals surface area contributed by atoms with Crippen LogP contribution >= 0.6 is 23.2 Å². The van der Waals surface area contributed by atoms with Crippen molar-refractivity contribution >= 4 is 45.6 Å². The summed E-state index contributed by atoms with van der Waals surface area (Å²) in [5, 5.41) is 1.33. The quantitative estimate of drug-likeness (QED) is 0.502. The van der Waals surface area contributed by atoms with Gasteiger partial charge in [-0.25, -0.2) is 0 Å². The number of piperazine rings is 1. The molecule has 0 spiro atoms. The van der Waals surface area contributed by atoms with E-state index in [1.807, 2.05) is 36.4 Å². The number of nitrogens with zero attached hydrogens (tertiary/aromatic N) is 2. The van der Waals surface area contributed by atoms with E-state index in [2.05, 4.69) is 4.90 Å². The van der Waals surface area contributed by atoms with Crippen LogP contribution in [-0.2, 0) is 22.3 Å². The largest absolute Gasteiger partial charge is 0.455 e. The summed E-state index contributed by atoms with van der Waals surface area (Å²) in [7, 11) is -1.16. The first-order valence-electron chi connectivity index (χ1n) is 9.96. The number of carbonyl (C=O) groups is 1. The molecule has 2 aromatic carbocycles. The van der Waals surface area contributed by atoms with E-state index in [1.54, 1.807) is 29.2 Å². The van der Waals surface area contributed by atoms with Gasteiger partial charge in [0.15, 0.2) is 5.76 Å². The number of carbonyl (C=O) groups excluding carboxylic acids is 1. The maximum absolute atomic E-state index is 12.8.